The van der Waals surface area contributed by atoms with E-state index in [1.165, 1.54) is 17.1 Å². The minimum atomic E-state index is -4.68. The number of hydrogen-bond acceptors (Lipinski definition) is 2. The summed E-state index contributed by atoms with van der Waals surface area (Å²) in [6.45, 7) is 6.79. The molecule has 0 spiro atoms. The van der Waals surface area contributed by atoms with E-state index >= 15 is 0 Å². The second-order valence-corrected chi connectivity index (χ2v) is 7.22. The largest absolute Gasteiger partial charge is 0.417 e. The topological polar surface area (TPSA) is 40.6 Å². The molecule has 0 bridgehead atoms. The fraction of sp³-hybridized carbons (Fsp3) is 0.333. The van der Waals surface area contributed by atoms with Crippen molar-refractivity contribution in [3.05, 3.63) is 71.3 Å². The van der Waals surface area contributed by atoms with Crippen LogP contribution in [0.4, 0.5) is 13.2 Å². The molecule has 0 N–H and O–H groups in total. The average Bonchev–Trinajstić information content (AvgIpc) is 2.64. The first-order valence-corrected chi connectivity index (χ1v) is 8.86. The number of hydrazine groups is 1. The average molecular weight is 392 g/mol. The zero-order valence-corrected chi connectivity index (χ0v) is 16.2. The van der Waals surface area contributed by atoms with E-state index in [9.17, 15) is 22.8 Å². The minimum absolute atomic E-state index is 0.116. The van der Waals surface area contributed by atoms with E-state index in [0.717, 1.165) is 17.1 Å². The Bertz CT molecular complexity index is 843. The number of carbonyl (C=O) groups excluding carboxylic acids is 2. The molecule has 0 unspecified atom stereocenters. The van der Waals surface area contributed by atoms with E-state index in [4.69, 9.17) is 0 Å². The fourth-order valence-electron chi connectivity index (χ4n) is 2.91. The Morgan fingerprint density at radius 3 is 1.89 bits per heavy atom. The molecule has 2 aromatic rings. The van der Waals surface area contributed by atoms with Crippen molar-refractivity contribution in [2.75, 3.05) is 6.54 Å². The van der Waals surface area contributed by atoms with Crippen LogP contribution in [-0.2, 0) is 6.18 Å². The van der Waals surface area contributed by atoms with Gasteiger partial charge in [-0.3, -0.25) is 9.59 Å². The third kappa shape index (κ3) is 4.52. The molecule has 2 aromatic carbocycles. The number of halogens is 3. The predicted octanol–water partition coefficient (Wildman–Crippen LogP) is 5.02. The van der Waals surface area contributed by atoms with Gasteiger partial charge in [0.2, 0.25) is 0 Å². The van der Waals surface area contributed by atoms with Gasteiger partial charge in [0.1, 0.15) is 0 Å². The third-order valence-corrected chi connectivity index (χ3v) is 4.09. The molecule has 0 heterocycles. The lowest BCUT2D eigenvalue weighted by Gasteiger charge is -2.43. The molecule has 4 nitrogen and oxygen atoms in total. The summed E-state index contributed by atoms with van der Waals surface area (Å²) in [5.41, 5.74) is -2.12. The molecule has 7 heteroatoms. The van der Waals surface area contributed by atoms with Gasteiger partial charge in [-0.15, -0.1) is 0 Å². The molecule has 2 amide bonds. The highest BCUT2D eigenvalue weighted by molar-refractivity contribution is 6.00. The van der Waals surface area contributed by atoms with Crippen molar-refractivity contribution in [3.8, 4) is 0 Å². The van der Waals surface area contributed by atoms with E-state index in [0.29, 0.717) is 5.56 Å². The first kappa shape index (κ1) is 21.5. The summed E-state index contributed by atoms with van der Waals surface area (Å²) in [7, 11) is 0. The van der Waals surface area contributed by atoms with Crippen LogP contribution >= 0.6 is 0 Å². The van der Waals surface area contributed by atoms with Crippen molar-refractivity contribution in [2.24, 2.45) is 0 Å². The number of benzene rings is 2. The van der Waals surface area contributed by atoms with Gasteiger partial charge >= 0.3 is 6.18 Å². The van der Waals surface area contributed by atoms with E-state index < -0.39 is 34.7 Å². The number of amides is 2. The van der Waals surface area contributed by atoms with Crippen molar-refractivity contribution in [1.82, 2.24) is 10.0 Å². The number of alkyl halides is 3. The molecular formula is C21H23F3N2O2. The molecule has 0 aliphatic heterocycles. The summed E-state index contributed by atoms with van der Waals surface area (Å²) in [5.74, 6) is -1.34. The van der Waals surface area contributed by atoms with Gasteiger partial charge in [-0.1, -0.05) is 30.3 Å². The molecule has 0 saturated heterocycles. The van der Waals surface area contributed by atoms with E-state index in [1.807, 2.05) is 0 Å². The van der Waals surface area contributed by atoms with Crippen LogP contribution in [-0.4, -0.2) is 33.9 Å². The Balaban J connectivity index is 2.56. The van der Waals surface area contributed by atoms with Gasteiger partial charge < -0.3 is 0 Å². The van der Waals surface area contributed by atoms with Gasteiger partial charge in [-0.05, 0) is 52.0 Å². The maximum atomic E-state index is 13.4. The van der Waals surface area contributed by atoms with E-state index in [2.05, 4.69) is 0 Å². The number of rotatable bonds is 3. The SMILES string of the molecule is CCN(C(=O)c1ccccc1)N(C(=O)c1ccccc1C(F)(F)F)C(C)(C)C. The molecule has 0 saturated carbocycles. The summed E-state index contributed by atoms with van der Waals surface area (Å²) in [5, 5.41) is 2.29. The summed E-state index contributed by atoms with van der Waals surface area (Å²) in [4.78, 5) is 26.2. The molecule has 2 rings (SSSR count). The van der Waals surface area contributed by atoms with Crippen molar-refractivity contribution < 1.29 is 22.8 Å². The predicted molar refractivity (Wildman–Crippen MR) is 101 cm³/mol. The maximum absolute atomic E-state index is 13.4. The zero-order chi connectivity index (χ0) is 21.1. The lowest BCUT2D eigenvalue weighted by molar-refractivity contribution is -0.138. The van der Waals surface area contributed by atoms with Crippen molar-refractivity contribution in [3.63, 3.8) is 0 Å². The minimum Gasteiger partial charge on any atom is -0.267 e. The molecule has 0 aromatic heterocycles. The van der Waals surface area contributed by atoms with Crippen LogP contribution in [0.5, 0.6) is 0 Å². The Hall–Kier alpha value is -2.83. The second kappa shape index (κ2) is 8.04. The van der Waals surface area contributed by atoms with Crippen LogP contribution in [0.2, 0.25) is 0 Å². The fourth-order valence-corrected chi connectivity index (χ4v) is 2.91. The van der Waals surface area contributed by atoms with Crippen LogP contribution in [0.1, 0.15) is 54.0 Å². The normalized spacial score (nSPS) is 11.8. The van der Waals surface area contributed by atoms with Crippen molar-refractivity contribution in [1.29, 1.82) is 0 Å². The molecule has 0 aliphatic carbocycles. The van der Waals surface area contributed by atoms with Gasteiger partial charge in [0.25, 0.3) is 11.8 Å². The molecule has 0 atom stereocenters. The van der Waals surface area contributed by atoms with Gasteiger partial charge in [0.05, 0.1) is 16.7 Å². The summed E-state index contributed by atoms with van der Waals surface area (Å²) >= 11 is 0. The smallest absolute Gasteiger partial charge is 0.267 e. The molecule has 0 fully saturated rings. The summed E-state index contributed by atoms with van der Waals surface area (Å²) in [6, 6.07) is 12.9. The molecule has 0 radical (unpaired) electrons. The monoisotopic (exact) mass is 392 g/mol. The highest BCUT2D eigenvalue weighted by Gasteiger charge is 2.40. The Labute approximate surface area is 162 Å². The molecule has 150 valence electrons. The van der Waals surface area contributed by atoms with Crippen molar-refractivity contribution in [2.45, 2.75) is 39.4 Å². The molecular weight excluding hydrogens is 369 g/mol. The van der Waals surface area contributed by atoms with Crippen LogP contribution in [0.15, 0.2) is 54.6 Å². The Morgan fingerprint density at radius 1 is 0.857 bits per heavy atom. The first-order valence-electron chi connectivity index (χ1n) is 8.86. The van der Waals surface area contributed by atoms with Gasteiger partial charge in [-0.2, -0.15) is 13.2 Å². The third-order valence-electron chi connectivity index (χ3n) is 4.09. The maximum Gasteiger partial charge on any atom is 0.417 e. The van der Waals surface area contributed by atoms with Gasteiger partial charge in [0, 0.05) is 12.1 Å². The molecule has 0 aliphatic rings. The van der Waals surface area contributed by atoms with E-state index in [-0.39, 0.29) is 6.54 Å². The van der Waals surface area contributed by atoms with Crippen LogP contribution in [0.3, 0.4) is 0 Å². The second-order valence-electron chi connectivity index (χ2n) is 7.22. The zero-order valence-electron chi connectivity index (χ0n) is 16.2. The number of nitrogens with zero attached hydrogens (tertiary/aromatic N) is 2. The lowest BCUT2D eigenvalue weighted by Crippen LogP contribution is -2.58. The number of hydrogen-bond donors (Lipinski definition) is 0. The van der Waals surface area contributed by atoms with Crippen molar-refractivity contribution >= 4 is 11.8 Å². The lowest BCUT2D eigenvalue weighted by atomic mass is 10.0. The highest BCUT2D eigenvalue weighted by Crippen LogP contribution is 2.33. The van der Waals surface area contributed by atoms with Crippen LogP contribution in [0.25, 0.3) is 0 Å². The van der Waals surface area contributed by atoms with Gasteiger partial charge in [0.15, 0.2) is 0 Å². The standard InChI is InChI=1S/C21H23F3N2O2/c1-5-25(18(27)15-11-7-6-8-12-15)26(20(2,3)4)19(28)16-13-9-10-14-17(16)21(22,23)24/h6-14H,5H2,1-4H3. The Morgan fingerprint density at radius 2 is 1.39 bits per heavy atom. The summed E-state index contributed by atoms with van der Waals surface area (Å²) in [6.07, 6.45) is -4.68. The van der Waals surface area contributed by atoms with Gasteiger partial charge in [-0.25, -0.2) is 10.0 Å². The van der Waals surface area contributed by atoms with Crippen LogP contribution < -0.4 is 0 Å². The summed E-state index contributed by atoms with van der Waals surface area (Å²) < 4.78 is 40.3. The van der Waals surface area contributed by atoms with Crippen LogP contribution in [0, 0.1) is 0 Å². The quantitative estimate of drug-likeness (QED) is 0.688. The molecule has 28 heavy (non-hydrogen) atoms. The Kier molecular flexibility index (Phi) is 6.17. The highest BCUT2D eigenvalue weighted by atomic mass is 19.4. The number of carbonyl (C=O) groups is 2. The van der Waals surface area contributed by atoms with E-state index in [1.54, 1.807) is 58.0 Å². The first-order chi connectivity index (χ1) is 13.0.